The van der Waals surface area contributed by atoms with E-state index in [2.05, 4.69) is 41.6 Å². The van der Waals surface area contributed by atoms with Crippen LogP contribution in [0, 0.1) is 0 Å². The Balaban J connectivity index is 2.00. The van der Waals surface area contributed by atoms with Crippen LogP contribution in [-0.4, -0.2) is 16.9 Å². The van der Waals surface area contributed by atoms with Gasteiger partial charge >= 0.3 is 0 Å². The van der Waals surface area contributed by atoms with Crippen LogP contribution < -0.4 is 5.73 Å². The highest BCUT2D eigenvalue weighted by atomic mass is 32.1. The maximum absolute atomic E-state index is 5.64. The van der Waals surface area contributed by atoms with E-state index >= 15 is 0 Å². The summed E-state index contributed by atoms with van der Waals surface area (Å²) in [5.74, 6) is 0. The number of rotatable bonds is 5. The lowest BCUT2D eigenvalue weighted by atomic mass is 10.1. The van der Waals surface area contributed by atoms with Gasteiger partial charge < -0.3 is 5.73 Å². The van der Waals surface area contributed by atoms with Gasteiger partial charge in [0.15, 0.2) is 0 Å². The molecule has 18 heavy (non-hydrogen) atoms. The van der Waals surface area contributed by atoms with Crippen molar-refractivity contribution in [2.24, 2.45) is 5.73 Å². The summed E-state index contributed by atoms with van der Waals surface area (Å²) < 4.78 is 0. The van der Waals surface area contributed by atoms with Gasteiger partial charge in [0.25, 0.3) is 0 Å². The number of hydrogen-bond donors (Lipinski definition) is 1. The fourth-order valence-electron chi connectivity index (χ4n) is 1.86. The van der Waals surface area contributed by atoms with Gasteiger partial charge in [0.05, 0.1) is 0 Å². The van der Waals surface area contributed by atoms with E-state index in [1.807, 2.05) is 12.1 Å². The topological polar surface area (TPSA) is 29.3 Å². The minimum absolute atomic E-state index is 0.456. The van der Waals surface area contributed by atoms with Gasteiger partial charge in [-0.25, -0.2) is 0 Å². The van der Waals surface area contributed by atoms with Crippen molar-refractivity contribution < 1.29 is 0 Å². The summed E-state index contributed by atoms with van der Waals surface area (Å²) in [6, 6.07) is 12.4. The van der Waals surface area contributed by atoms with E-state index in [0.717, 1.165) is 18.7 Å². The first-order valence-corrected chi connectivity index (χ1v) is 7.03. The number of hydrogen-bond acceptors (Lipinski definition) is 3. The summed E-state index contributed by atoms with van der Waals surface area (Å²) in [4.78, 5) is 4.12. The van der Waals surface area contributed by atoms with E-state index in [9.17, 15) is 0 Å². The predicted octanol–water partition coefficient (Wildman–Crippen LogP) is 3.01. The fraction of sp³-hybridized carbons (Fsp3) is 0.214. The molecule has 0 saturated carbocycles. The van der Waals surface area contributed by atoms with Gasteiger partial charge in [-0.2, -0.15) is 0 Å². The molecular formula is C14H16N2S2. The normalized spacial score (nSPS) is 10.8. The Kier molecular flexibility index (Phi) is 4.47. The van der Waals surface area contributed by atoms with E-state index in [1.165, 1.54) is 10.4 Å². The lowest BCUT2D eigenvalue weighted by Crippen LogP contribution is -2.17. The Morgan fingerprint density at radius 1 is 1.28 bits per heavy atom. The molecule has 2 nitrogen and oxygen atoms in total. The second-order valence-corrected chi connectivity index (χ2v) is 5.79. The number of benzene rings is 1. The summed E-state index contributed by atoms with van der Waals surface area (Å²) in [6.07, 6.45) is 0. The molecule has 0 fully saturated rings. The van der Waals surface area contributed by atoms with Crippen LogP contribution in [0.25, 0.3) is 0 Å². The van der Waals surface area contributed by atoms with Crippen LogP contribution in [0.4, 0.5) is 0 Å². The van der Waals surface area contributed by atoms with Crippen molar-refractivity contribution in [3.8, 4) is 0 Å². The smallest absolute Gasteiger partial charge is 0.103 e. The molecule has 94 valence electrons. The fourth-order valence-corrected chi connectivity index (χ4v) is 2.77. The number of thiophene rings is 1. The predicted molar refractivity (Wildman–Crippen MR) is 81.8 cm³/mol. The third kappa shape index (κ3) is 3.63. The van der Waals surface area contributed by atoms with Crippen molar-refractivity contribution in [1.29, 1.82) is 0 Å². The van der Waals surface area contributed by atoms with Crippen molar-refractivity contribution >= 4 is 28.5 Å². The molecule has 0 aliphatic heterocycles. The maximum Gasteiger partial charge on any atom is 0.103 e. The van der Waals surface area contributed by atoms with Crippen LogP contribution in [0.15, 0.2) is 41.8 Å². The highest BCUT2D eigenvalue weighted by Gasteiger charge is 2.04. The quantitative estimate of drug-likeness (QED) is 0.851. The van der Waals surface area contributed by atoms with Crippen molar-refractivity contribution in [2.75, 3.05) is 7.05 Å². The summed E-state index contributed by atoms with van der Waals surface area (Å²) in [7, 11) is 2.12. The van der Waals surface area contributed by atoms with Gasteiger partial charge in [-0.15, -0.1) is 11.3 Å². The number of nitrogens with zero attached hydrogens (tertiary/aromatic N) is 1. The summed E-state index contributed by atoms with van der Waals surface area (Å²) >= 11 is 6.78. The van der Waals surface area contributed by atoms with Gasteiger partial charge in [0.2, 0.25) is 0 Å². The third-order valence-corrected chi connectivity index (χ3v) is 3.77. The average Bonchev–Trinajstić information content (AvgIpc) is 2.82. The van der Waals surface area contributed by atoms with Crippen LogP contribution in [0.3, 0.4) is 0 Å². The van der Waals surface area contributed by atoms with Gasteiger partial charge in [-0.3, -0.25) is 4.90 Å². The first kappa shape index (κ1) is 13.2. The molecule has 2 aromatic rings. The summed E-state index contributed by atoms with van der Waals surface area (Å²) in [6.45, 7) is 1.86. The SMILES string of the molecule is CN(Cc1cccc(C(N)=S)c1)Cc1cccs1. The minimum atomic E-state index is 0.456. The van der Waals surface area contributed by atoms with Gasteiger partial charge in [-0.05, 0) is 30.1 Å². The number of nitrogens with two attached hydrogens (primary N) is 1. The molecule has 0 radical (unpaired) electrons. The van der Waals surface area contributed by atoms with Crippen molar-refractivity contribution in [1.82, 2.24) is 4.90 Å². The third-order valence-electron chi connectivity index (χ3n) is 2.67. The van der Waals surface area contributed by atoms with Crippen molar-refractivity contribution in [2.45, 2.75) is 13.1 Å². The van der Waals surface area contributed by atoms with Crippen LogP contribution in [-0.2, 0) is 13.1 Å². The van der Waals surface area contributed by atoms with Crippen molar-refractivity contribution in [3.63, 3.8) is 0 Å². The highest BCUT2D eigenvalue weighted by molar-refractivity contribution is 7.80. The van der Waals surface area contributed by atoms with Crippen molar-refractivity contribution in [3.05, 3.63) is 57.8 Å². The lowest BCUT2D eigenvalue weighted by Gasteiger charge is -2.16. The van der Waals surface area contributed by atoms with Crippen LogP contribution in [0.5, 0.6) is 0 Å². The Morgan fingerprint density at radius 2 is 2.11 bits per heavy atom. The van der Waals surface area contributed by atoms with Crippen LogP contribution in [0.2, 0.25) is 0 Å². The summed E-state index contributed by atoms with van der Waals surface area (Å²) in [5.41, 5.74) is 7.82. The van der Waals surface area contributed by atoms with Gasteiger partial charge in [-0.1, -0.05) is 36.5 Å². The molecule has 2 rings (SSSR count). The monoisotopic (exact) mass is 276 g/mol. The van der Waals surface area contributed by atoms with E-state index in [4.69, 9.17) is 18.0 Å². The standard InChI is InChI=1S/C14H16N2S2/c1-16(10-13-6-3-7-18-13)9-11-4-2-5-12(8-11)14(15)17/h2-8H,9-10H2,1H3,(H2,15,17). The molecule has 0 aliphatic rings. The maximum atomic E-state index is 5.64. The molecule has 4 heteroatoms. The zero-order chi connectivity index (χ0) is 13.0. The lowest BCUT2D eigenvalue weighted by molar-refractivity contribution is 0.322. The summed E-state index contributed by atoms with van der Waals surface area (Å²) in [5, 5.41) is 2.11. The Hall–Kier alpha value is -1.23. The van der Waals surface area contributed by atoms with E-state index in [1.54, 1.807) is 11.3 Å². The van der Waals surface area contributed by atoms with Crippen LogP contribution >= 0.6 is 23.6 Å². The molecule has 2 N–H and O–H groups in total. The Morgan fingerprint density at radius 3 is 2.78 bits per heavy atom. The first-order chi connectivity index (χ1) is 8.65. The number of thiocarbonyl (C=S) groups is 1. The highest BCUT2D eigenvalue weighted by Crippen LogP contribution is 2.13. The minimum Gasteiger partial charge on any atom is -0.389 e. The molecule has 0 amide bonds. The van der Waals surface area contributed by atoms with E-state index in [0.29, 0.717) is 4.99 Å². The molecule has 0 bridgehead atoms. The molecule has 1 aromatic heterocycles. The van der Waals surface area contributed by atoms with Crippen LogP contribution in [0.1, 0.15) is 16.0 Å². The second-order valence-electron chi connectivity index (χ2n) is 4.32. The zero-order valence-corrected chi connectivity index (χ0v) is 11.9. The zero-order valence-electron chi connectivity index (χ0n) is 10.3. The molecule has 0 saturated heterocycles. The molecule has 0 aliphatic carbocycles. The Bertz CT molecular complexity index is 520. The average molecular weight is 276 g/mol. The molecule has 1 aromatic carbocycles. The van der Waals surface area contributed by atoms with Gasteiger partial charge in [0, 0.05) is 23.5 Å². The molecule has 1 heterocycles. The van der Waals surface area contributed by atoms with E-state index < -0.39 is 0 Å². The molecule has 0 atom stereocenters. The second kappa shape index (κ2) is 6.09. The molecule has 0 spiro atoms. The van der Waals surface area contributed by atoms with E-state index in [-0.39, 0.29) is 0 Å². The Labute approximate surface area is 117 Å². The molecule has 0 unspecified atom stereocenters. The molecular weight excluding hydrogens is 260 g/mol. The largest absolute Gasteiger partial charge is 0.389 e. The first-order valence-electron chi connectivity index (χ1n) is 5.75. The van der Waals surface area contributed by atoms with Gasteiger partial charge in [0.1, 0.15) is 4.99 Å².